The number of nitrogens with zero attached hydrogens (tertiary/aromatic N) is 1. The third kappa shape index (κ3) is 3.18. The van der Waals surface area contributed by atoms with Gasteiger partial charge >= 0.3 is 0 Å². The Bertz CT molecular complexity index is 617. The molecule has 2 rings (SSSR count). The predicted octanol–water partition coefficient (Wildman–Crippen LogP) is 4.65. The number of benzene rings is 1. The zero-order valence-electron chi connectivity index (χ0n) is 11.3. The average molecular weight is 340 g/mol. The van der Waals surface area contributed by atoms with Crippen molar-refractivity contribution in [3.8, 4) is 0 Å². The normalized spacial score (nSPS) is 10.9. The van der Waals surface area contributed by atoms with Crippen molar-refractivity contribution in [1.29, 1.82) is 0 Å². The Morgan fingerprint density at radius 2 is 1.89 bits per heavy atom. The molecular weight excluding hydrogens is 322 g/mol. The molecule has 0 N–H and O–H groups in total. The van der Waals surface area contributed by atoms with E-state index in [1.54, 1.807) is 11.3 Å². The van der Waals surface area contributed by atoms with Crippen molar-refractivity contribution in [2.24, 2.45) is 0 Å². The van der Waals surface area contributed by atoms with Crippen LogP contribution in [0.1, 0.15) is 26.7 Å². The van der Waals surface area contributed by atoms with Gasteiger partial charge in [-0.05, 0) is 31.0 Å². The van der Waals surface area contributed by atoms with E-state index in [4.69, 9.17) is 0 Å². The van der Waals surface area contributed by atoms with E-state index in [1.165, 1.54) is 0 Å². The lowest BCUT2D eigenvalue weighted by Gasteiger charge is -2.22. The first-order valence-corrected chi connectivity index (χ1v) is 8.30. The minimum absolute atomic E-state index is 0.150. The topological polar surface area (TPSA) is 20.3 Å². The van der Waals surface area contributed by atoms with Gasteiger partial charge in [0, 0.05) is 33.0 Å². The van der Waals surface area contributed by atoms with Gasteiger partial charge in [-0.25, -0.2) is 0 Å². The fourth-order valence-corrected chi connectivity index (χ4v) is 3.48. The van der Waals surface area contributed by atoms with Crippen molar-refractivity contribution in [2.45, 2.75) is 26.7 Å². The van der Waals surface area contributed by atoms with Crippen LogP contribution < -0.4 is 10.3 Å². The van der Waals surface area contributed by atoms with Crippen LogP contribution >= 0.6 is 27.3 Å². The van der Waals surface area contributed by atoms with Crippen LogP contribution in [0.5, 0.6) is 0 Å². The van der Waals surface area contributed by atoms with E-state index >= 15 is 0 Å². The Morgan fingerprint density at radius 1 is 1.21 bits per heavy atom. The second-order valence-corrected chi connectivity index (χ2v) is 6.40. The smallest absolute Gasteiger partial charge is 0.211 e. The Balaban J connectivity index is 2.54. The molecule has 0 radical (unpaired) electrons. The molecular formula is C15H18BrNOS. The van der Waals surface area contributed by atoms with E-state index in [0.29, 0.717) is 0 Å². The Morgan fingerprint density at radius 3 is 2.53 bits per heavy atom. The molecule has 0 fully saturated rings. The molecule has 0 aliphatic heterocycles. The van der Waals surface area contributed by atoms with E-state index in [0.717, 1.165) is 46.2 Å². The summed E-state index contributed by atoms with van der Waals surface area (Å²) in [7, 11) is 0. The van der Waals surface area contributed by atoms with Crippen molar-refractivity contribution in [1.82, 2.24) is 0 Å². The van der Waals surface area contributed by atoms with Crippen LogP contribution in [0.4, 0.5) is 5.69 Å². The molecule has 0 amide bonds. The van der Waals surface area contributed by atoms with Gasteiger partial charge in [-0.2, -0.15) is 0 Å². The quantitative estimate of drug-likeness (QED) is 0.790. The molecule has 0 saturated heterocycles. The van der Waals surface area contributed by atoms with Crippen LogP contribution in [-0.4, -0.2) is 13.1 Å². The van der Waals surface area contributed by atoms with Crippen LogP contribution in [0.25, 0.3) is 10.1 Å². The second-order valence-electron chi connectivity index (χ2n) is 4.58. The van der Waals surface area contributed by atoms with Gasteiger partial charge in [0.15, 0.2) is 0 Å². The lowest BCUT2D eigenvalue weighted by molar-refractivity contribution is 0.744. The molecule has 0 aliphatic carbocycles. The molecule has 1 heterocycles. The Hall–Kier alpha value is -0.870. The van der Waals surface area contributed by atoms with Gasteiger partial charge in [0.1, 0.15) is 0 Å². The summed E-state index contributed by atoms with van der Waals surface area (Å²) in [6.07, 6.45) is 2.11. The minimum atomic E-state index is 0.150. The lowest BCUT2D eigenvalue weighted by Crippen LogP contribution is -2.29. The zero-order chi connectivity index (χ0) is 13.8. The molecule has 0 aliphatic rings. The highest BCUT2D eigenvalue weighted by molar-refractivity contribution is 9.10. The van der Waals surface area contributed by atoms with Crippen molar-refractivity contribution < 1.29 is 0 Å². The van der Waals surface area contributed by atoms with Gasteiger partial charge in [-0.1, -0.05) is 29.8 Å². The predicted molar refractivity (Wildman–Crippen MR) is 88.6 cm³/mol. The zero-order valence-corrected chi connectivity index (χ0v) is 13.7. The van der Waals surface area contributed by atoms with Crippen molar-refractivity contribution in [3.05, 3.63) is 38.3 Å². The molecule has 19 heavy (non-hydrogen) atoms. The molecule has 0 bridgehead atoms. The Kier molecular flexibility index (Phi) is 4.99. The van der Waals surface area contributed by atoms with Crippen LogP contribution in [0, 0.1) is 0 Å². The molecule has 1 aromatic carbocycles. The van der Waals surface area contributed by atoms with E-state index in [1.807, 2.05) is 23.6 Å². The van der Waals surface area contributed by atoms with Gasteiger partial charge in [0.2, 0.25) is 5.43 Å². The highest BCUT2D eigenvalue weighted by atomic mass is 79.9. The fourth-order valence-electron chi connectivity index (χ4n) is 2.20. The summed E-state index contributed by atoms with van der Waals surface area (Å²) in [6.45, 7) is 6.17. The van der Waals surface area contributed by atoms with Crippen LogP contribution in [0.2, 0.25) is 0 Å². The molecule has 0 spiro atoms. The summed E-state index contributed by atoms with van der Waals surface area (Å²) < 4.78 is 2.00. The lowest BCUT2D eigenvalue weighted by atomic mass is 10.2. The monoisotopic (exact) mass is 339 g/mol. The molecule has 2 nitrogen and oxygen atoms in total. The van der Waals surface area contributed by atoms with E-state index in [9.17, 15) is 4.79 Å². The fraction of sp³-hybridized carbons (Fsp3) is 0.400. The maximum absolute atomic E-state index is 12.6. The molecule has 0 saturated carbocycles. The summed E-state index contributed by atoms with van der Waals surface area (Å²) in [5, 5.41) is 2.82. The average Bonchev–Trinajstić information content (AvgIpc) is 2.40. The number of hydrogen-bond donors (Lipinski definition) is 0. The van der Waals surface area contributed by atoms with Crippen molar-refractivity contribution >= 4 is 43.0 Å². The van der Waals surface area contributed by atoms with Gasteiger partial charge in [0.05, 0.1) is 5.69 Å². The summed E-state index contributed by atoms with van der Waals surface area (Å²) in [5.41, 5.74) is 0.997. The maximum atomic E-state index is 12.6. The van der Waals surface area contributed by atoms with Crippen LogP contribution in [-0.2, 0) is 0 Å². The minimum Gasteiger partial charge on any atom is -0.368 e. The molecule has 2 aromatic rings. The second kappa shape index (κ2) is 6.53. The highest BCUT2D eigenvalue weighted by Gasteiger charge is 2.11. The van der Waals surface area contributed by atoms with Crippen molar-refractivity contribution in [2.75, 3.05) is 18.0 Å². The van der Waals surface area contributed by atoms with Gasteiger partial charge < -0.3 is 4.90 Å². The van der Waals surface area contributed by atoms with Crippen molar-refractivity contribution in [3.63, 3.8) is 0 Å². The Labute approximate surface area is 126 Å². The third-order valence-corrected chi connectivity index (χ3v) is 4.49. The standard InChI is InChI=1S/C15H18BrNOS/c1-3-7-17(8-4-2)13-10-19-14-6-5-11(16)9-12(14)15(13)18/h5-6,9-10H,3-4,7-8H2,1-2H3. The molecule has 1 aromatic heterocycles. The molecule has 4 heteroatoms. The number of halogens is 1. The SMILES string of the molecule is CCCN(CCC)c1csc2ccc(Br)cc2c1=O. The van der Waals surface area contributed by atoms with Gasteiger partial charge in [-0.3, -0.25) is 4.79 Å². The number of rotatable bonds is 5. The summed E-state index contributed by atoms with van der Waals surface area (Å²) >= 11 is 5.09. The van der Waals surface area contributed by atoms with E-state index in [-0.39, 0.29) is 5.43 Å². The van der Waals surface area contributed by atoms with Gasteiger partial charge in [0.25, 0.3) is 0 Å². The highest BCUT2D eigenvalue weighted by Crippen LogP contribution is 2.24. The first-order chi connectivity index (χ1) is 9.17. The van der Waals surface area contributed by atoms with E-state index in [2.05, 4.69) is 34.7 Å². The van der Waals surface area contributed by atoms with Crippen LogP contribution in [0.15, 0.2) is 32.8 Å². The first-order valence-electron chi connectivity index (χ1n) is 6.63. The first kappa shape index (κ1) is 14.5. The summed E-state index contributed by atoms with van der Waals surface area (Å²) in [5.74, 6) is 0. The summed E-state index contributed by atoms with van der Waals surface area (Å²) in [6, 6.07) is 5.90. The largest absolute Gasteiger partial charge is 0.368 e. The molecule has 0 unspecified atom stereocenters. The number of anilines is 1. The van der Waals surface area contributed by atoms with E-state index < -0.39 is 0 Å². The van der Waals surface area contributed by atoms with Crippen LogP contribution in [0.3, 0.4) is 0 Å². The maximum Gasteiger partial charge on any atom is 0.211 e. The molecule has 0 atom stereocenters. The summed E-state index contributed by atoms with van der Waals surface area (Å²) in [4.78, 5) is 14.8. The van der Waals surface area contributed by atoms with Gasteiger partial charge in [-0.15, -0.1) is 11.3 Å². The third-order valence-electron chi connectivity index (χ3n) is 3.04. The number of fused-ring (bicyclic) bond motifs is 1. The number of hydrogen-bond acceptors (Lipinski definition) is 3. The molecule has 102 valence electrons.